The maximum atomic E-state index is 11.4. The van der Waals surface area contributed by atoms with Crippen LogP contribution in [0.3, 0.4) is 0 Å². The quantitative estimate of drug-likeness (QED) is 0.842. The van der Waals surface area contributed by atoms with Gasteiger partial charge in [0.1, 0.15) is 0 Å². The van der Waals surface area contributed by atoms with Crippen molar-refractivity contribution in [3.05, 3.63) is 0 Å². The molecule has 0 aromatic carbocycles. The maximum Gasteiger partial charge on any atom is 0.220 e. The van der Waals surface area contributed by atoms with E-state index in [0.717, 1.165) is 25.3 Å². The molecule has 0 radical (unpaired) electrons. The second-order valence-corrected chi connectivity index (χ2v) is 7.44. The highest BCUT2D eigenvalue weighted by Gasteiger charge is 2.36. The summed E-state index contributed by atoms with van der Waals surface area (Å²) in [6.45, 7) is 4.75. The second-order valence-electron chi connectivity index (χ2n) is 7.44. The van der Waals surface area contributed by atoms with Gasteiger partial charge in [0, 0.05) is 26.1 Å². The zero-order valence-corrected chi connectivity index (χ0v) is 12.8. The number of nitrogens with zero attached hydrogens (tertiary/aromatic N) is 1. The highest BCUT2D eigenvalue weighted by atomic mass is 16.1. The first-order valence-electron chi connectivity index (χ1n) is 8.75. The highest BCUT2D eigenvalue weighted by Crippen LogP contribution is 2.43. The van der Waals surface area contributed by atoms with Crippen molar-refractivity contribution in [1.82, 2.24) is 10.2 Å². The van der Waals surface area contributed by atoms with Gasteiger partial charge in [-0.05, 0) is 56.4 Å². The molecule has 1 unspecified atom stereocenters. The molecule has 114 valence electrons. The van der Waals surface area contributed by atoms with Gasteiger partial charge in [-0.25, -0.2) is 0 Å². The summed E-state index contributed by atoms with van der Waals surface area (Å²) in [4.78, 5) is 14.2. The standard InChI is InChI=1S/C17H30N2O/c20-16-6-5-15(7-11-18-16)13-19-12-4-10-17(14-19)8-2-1-3-9-17/h15H,1-14H2,(H,18,20). The summed E-state index contributed by atoms with van der Waals surface area (Å²) < 4.78 is 0. The lowest BCUT2D eigenvalue weighted by molar-refractivity contribution is -0.120. The van der Waals surface area contributed by atoms with E-state index in [2.05, 4.69) is 10.2 Å². The first kappa shape index (κ1) is 14.4. The summed E-state index contributed by atoms with van der Waals surface area (Å²) >= 11 is 0. The molecular formula is C17H30N2O. The fourth-order valence-corrected chi connectivity index (χ4v) is 4.71. The van der Waals surface area contributed by atoms with Gasteiger partial charge < -0.3 is 10.2 Å². The maximum absolute atomic E-state index is 11.4. The van der Waals surface area contributed by atoms with Gasteiger partial charge in [-0.2, -0.15) is 0 Å². The minimum Gasteiger partial charge on any atom is -0.356 e. The van der Waals surface area contributed by atoms with E-state index < -0.39 is 0 Å². The van der Waals surface area contributed by atoms with Crippen molar-refractivity contribution in [2.45, 2.75) is 64.2 Å². The summed E-state index contributed by atoms with van der Waals surface area (Å²) in [6.07, 6.45) is 13.2. The molecule has 1 N–H and O–H groups in total. The van der Waals surface area contributed by atoms with Gasteiger partial charge in [-0.15, -0.1) is 0 Å². The minimum atomic E-state index is 0.259. The lowest BCUT2D eigenvalue weighted by atomic mass is 9.69. The van der Waals surface area contributed by atoms with Crippen LogP contribution in [0, 0.1) is 11.3 Å². The lowest BCUT2D eigenvalue weighted by Crippen LogP contribution is -2.46. The van der Waals surface area contributed by atoms with Gasteiger partial charge in [0.25, 0.3) is 0 Å². The van der Waals surface area contributed by atoms with Crippen LogP contribution in [-0.4, -0.2) is 37.0 Å². The first-order chi connectivity index (χ1) is 9.76. The molecule has 2 saturated heterocycles. The largest absolute Gasteiger partial charge is 0.356 e. The van der Waals surface area contributed by atoms with E-state index in [1.54, 1.807) is 0 Å². The Balaban J connectivity index is 1.53. The third-order valence-corrected chi connectivity index (χ3v) is 5.83. The Morgan fingerprint density at radius 3 is 2.75 bits per heavy atom. The van der Waals surface area contributed by atoms with Gasteiger partial charge in [0.05, 0.1) is 0 Å². The van der Waals surface area contributed by atoms with Gasteiger partial charge in [-0.3, -0.25) is 4.79 Å². The summed E-state index contributed by atoms with van der Waals surface area (Å²) in [5.74, 6) is 0.989. The predicted octanol–water partition coefficient (Wildman–Crippen LogP) is 2.95. The van der Waals surface area contributed by atoms with Crippen LogP contribution in [0.5, 0.6) is 0 Å². The Bertz CT molecular complexity index is 330. The number of rotatable bonds is 2. The van der Waals surface area contributed by atoms with E-state index in [1.807, 2.05) is 0 Å². The second kappa shape index (κ2) is 6.46. The van der Waals surface area contributed by atoms with E-state index in [9.17, 15) is 4.79 Å². The molecule has 3 rings (SSSR count). The Morgan fingerprint density at radius 2 is 1.90 bits per heavy atom. The molecule has 0 aromatic rings. The van der Waals surface area contributed by atoms with Crippen LogP contribution in [0.2, 0.25) is 0 Å². The van der Waals surface area contributed by atoms with Crippen molar-refractivity contribution in [2.24, 2.45) is 11.3 Å². The lowest BCUT2D eigenvalue weighted by Gasteiger charge is -2.46. The molecule has 3 fully saturated rings. The number of likely N-dealkylation sites (tertiary alicyclic amines) is 1. The van der Waals surface area contributed by atoms with Crippen molar-refractivity contribution in [3.8, 4) is 0 Å². The number of piperidine rings is 1. The van der Waals surface area contributed by atoms with Crippen LogP contribution in [0.4, 0.5) is 0 Å². The zero-order valence-electron chi connectivity index (χ0n) is 12.8. The molecule has 1 amide bonds. The van der Waals surface area contributed by atoms with Crippen LogP contribution in [0.15, 0.2) is 0 Å². The summed E-state index contributed by atoms with van der Waals surface area (Å²) in [7, 11) is 0. The monoisotopic (exact) mass is 278 g/mol. The van der Waals surface area contributed by atoms with Crippen molar-refractivity contribution < 1.29 is 4.79 Å². The van der Waals surface area contributed by atoms with Gasteiger partial charge in [0.15, 0.2) is 0 Å². The van der Waals surface area contributed by atoms with E-state index in [-0.39, 0.29) is 5.91 Å². The SMILES string of the molecule is O=C1CCC(CN2CCCC3(CCCCC3)C2)CCN1. The Hall–Kier alpha value is -0.570. The molecule has 20 heavy (non-hydrogen) atoms. The van der Waals surface area contributed by atoms with Gasteiger partial charge in [0.2, 0.25) is 5.91 Å². The van der Waals surface area contributed by atoms with Gasteiger partial charge >= 0.3 is 0 Å². The van der Waals surface area contributed by atoms with Crippen LogP contribution in [0.25, 0.3) is 0 Å². The molecule has 0 aromatic heterocycles. The molecule has 1 aliphatic carbocycles. The van der Waals surface area contributed by atoms with Crippen molar-refractivity contribution in [1.29, 1.82) is 0 Å². The van der Waals surface area contributed by atoms with Crippen LogP contribution in [-0.2, 0) is 4.79 Å². The molecule has 3 aliphatic rings. The fourth-order valence-electron chi connectivity index (χ4n) is 4.71. The Kier molecular flexibility index (Phi) is 4.65. The minimum absolute atomic E-state index is 0.259. The summed E-state index contributed by atoms with van der Waals surface area (Å²) in [5, 5.41) is 3.01. The van der Waals surface area contributed by atoms with Crippen molar-refractivity contribution in [3.63, 3.8) is 0 Å². The number of amides is 1. The third kappa shape index (κ3) is 3.55. The molecule has 2 heterocycles. The Labute approximate surface area is 123 Å². The smallest absolute Gasteiger partial charge is 0.220 e. The van der Waals surface area contributed by atoms with Gasteiger partial charge in [-0.1, -0.05) is 19.3 Å². The fraction of sp³-hybridized carbons (Fsp3) is 0.941. The average molecular weight is 278 g/mol. The van der Waals surface area contributed by atoms with E-state index in [0.29, 0.717) is 5.41 Å². The third-order valence-electron chi connectivity index (χ3n) is 5.83. The summed E-state index contributed by atoms with van der Waals surface area (Å²) in [6, 6.07) is 0. The van der Waals surface area contributed by atoms with E-state index >= 15 is 0 Å². The van der Waals surface area contributed by atoms with E-state index in [1.165, 1.54) is 71.0 Å². The number of hydrogen-bond acceptors (Lipinski definition) is 2. The normalized spacial score (nSPS) is 31.8. The predicted molar refractivity (Wildman–Crippen MR) is 81.5 cm³/mol. The number of hydrogen-bond donors (Lipinski definition) is 1. The molecular weight excluding hydrogens is 248 g/mol. The Morgan fingerprint density at radius 1 is 1.10 bits per heavy atom. The number of carbonyl (C=O) groups excluding carboxylic acids is 1. The number of nitrogens with one attached hydrogen (secondary N) is 1. The topological polar surface area (TPSA) is 32.3 Å². The highest BCUT2D eigenvalue weighted by molar-refractivity contribution is 5.76. The summed E-state index contributed by atoms with van der Waals surface area (Å²) in [5.41, 5.74) is 0.662. The van der Waals surface area contributed by atoms with E-state index in [4.69, 9.17) is 0 Å². The van der Waals surface area contributed by atoms with Crippen LogP contribution < -0.4 is 5.32 Å². The zero-order chi connectivity index (χ0) is 13.8. The first-order valence-corrected chi connectivity index (χ1v) is 8.75. The van der Waals surface area contributed by atoms with Crippen LogP contribution >= 0.6 is 0 Å². The average Bonchev–Trinajstić information content (AvgIpc) is 2.65. The molecule has 1 atom stereocenters. The number of carbonyl (C=O) groups is 1. The molecule has 1 saturated carbocycles. The molecule has 3 heteroatoms. The van der Waals surface area contributed by atoms with Crippen molar-refractivity contribution in [2.75, 3.05) is 26.2 Å². The molecule has 1 spiro atoms. The molecule has 2 aliphatic heterocycles. The van der Waals surface area contributed by atoms with Crippen molar-refractivity contribution >= 4 is 5.91 Å². The van der Waals surface area contributed by atoms with Crippen LogP contribution in [0.1, 0.15) is 64.2 Å². The molecule has 0 bridgehead atoms. The molecule has 3 nitrogen and oxygen atoms in total.